The summed E-state index contributed by atoms with van der Waals surface area (Å²) in [6.07, 6.45) is -3.26. The minimum Gasteiger partial charge on any atom is -0.370 e. The van der Waals surface area contributed by atoms with Crippen LogP contribution >= 0.6 is 24.0 Å². The van der Waals surface area contributed by atoms with E-state index in [0.29, 0.717) is 0 Å². The molecule has 0 amide bonds. The summed E-state index contributed by atoms with van der Waals surface area (Å²) in [6.45, 7) is -0.231. The highest BCUT2D eigenvalue weighted by atomic mass is 127. The Labute approximate surface area is 107 Å². The Bertz CT molecular complexity index is 380. The van der Waals surface area contributed by atoms with E-state index in [4.69, 9.17) is 11.5 Å². The highest BCUT2D eigenvalue weighted by Gasteiger charge is 2.36. The quantitative estimate of drug-likeness (QED) is 0.471. The molecule has 1 aromatic rings. The van der Waals surface area contributed by atoms with Crippen LogP contribution in [0, 0.1) is 0 Å². The highest BCUT2D eigenvalue weighted by molar-refractivity contribution is 14.0. The van der Waals surface area contributed by atoms with Crippen LogP contribution in [0.3, 0.4) is 0 Å². The largest absolute Gasteiger partial charge is 0.435 e. The van der Waals surface area contributed by atoms with E-state index in [1.807, 2.05) is 0 Å². The van der Waals surface area contributed by atoms with Crippen molar-refractivity contribution in [3.63, 3.8) is 0 Å². The summed E-state index contributed by atoms with van der Waals surface area (Å²) >= 11 is 0. The number of alkyl halides is 3. The molecule has 4 N–H and O–H groups in total. The molecule has 0 bridgehead atoms. The van der Waals surface area contributed by atoms with Gasteiger partial charge in [0.05, 0.1) is 6.54 Å². The lowest BCUT2D eigenvalue weighted by Crippen LogP contribution is -2.22. The first-order valence-electron chi connectivity index (χ1n) is 3.96. The molecule has 92 valence electrons. The van der Waals surface area contributed by atoms with Crippen molar-refractivity contribution in [3.8, 4) is 0 Å². The van der Waals surface area contributed by atoms with E-state index in [2.05, 4.69) is 10.1 Å². The molecule has 1 aromatic heterocycles. The maximum Gasteiger partial charge on any atom is 0.435 e. The van der Waals surface area contributed by atoms with Crippen LogP contribution in [0.15, 0.2) is 11.2 Å². The van der Waals surface area contributed by atoms with Gasteiger partial charge >= 0.3 is 6.18 Å². The van der Waals surface area contributed by atoms with Gasteiger partial charge in [0.25, 0.3) is 0 Å². The van der Waals surface area contributed by atoms with Crippen molar-refractivity contribution in [2.45, 2.75) is 12.7 Å². The van der Waals surface area contributed by atoms with Crippen LogP contribution in [0.5, 0.6) is 0 Å². The van der Waals surface area contributed by atoms with Gasteiger partial charge < -0.3 is 11.5 Å². The van der Waals surface area contributed by atoms with Crippen molar-refractivity contribution < 1.29 is 13.2 Å². The van der Waals surface area contributed by atoms with E-state index >= 15 is 0 Å². The zero-order chi connectivity index (χ0) is 11.6. The second-order valence-corrected chi connectivity index (χ2v) is 2.92. The fourth-order valence-electron chi connectivity index (χ4n) is 1.07. The van der Waals surface area contributed by atoms with Gasteiger partial charge in [0.15, 0.2) is 11.7 Å². The predicted octanol–water partition coefficient (Wildman–Crippen LogP) is 0.830. The van der Waals surface area contributed by atoms with Crippen LogP contribution in [0.2, 0.25) is 0 Å². The number of aliphatic imine (C=N–C) groups is 1. The summed E-state index contributed by atoms with van der Waals surface area (Å²) in [6, 6.07) is 0. The smallest absolute Gasteiger partial charge is 0.370 e. The molecule has 0 unspecified atom stereocenters. The SMILES string of the molecule is Cn1cc(CN=C(N)N)c(C(F)(F)F)n1.I. The van der Waals surface area contributed by atoms with Crippen molar-refractivity contribution in [2.24, 2.45) is 23.5 Å². The second-order valence-electron chi connectivity index (χ2n) is 2.92. The van der Waals surface area contributed by atoms with Crippen molar-refractivity contribution in [3.05, 3.63) is 17.5 Å². The Morgan fingerprint density at radius 3 is 2.50 bits per heavy atom. The number of aromatic nitrogens is 2. The van der Waals surface area contributed by atoms with Crippen LogP contribution < -0.4 is 11.5 Å². The zero-order valence-corrected chi connectivity index (χ0v) is 10.7. The lowest BCUT2D eigenvalue weighted by molar-refractivity contribution is -0.142. The number of rotatable bonds is 2. The first-order chi connectivity index (χ1) is 6.80. The lowest BCUT2D eigenvalue weighted by Gasteiger charge is -2.03. The lowest BCUT2D eigenvalue weighted by atomic mass is 10.2. The Kier molecular flexibility index (Phi) is 5.03. The molecular weight excluding hydrogens is 338 g/mol. The zero-order valence-electron chi connectivity index (χ0n) is 8.32. The molecular formula is C7H11F3IN5. The van der Waals surface area contributed by atoms with Gasteiger partial charge in [0, 0.05) is 18.8 Å². The normalized spacial score (nSPS) is 10.8. The van der Waals surface area contributed by atoms with E-state index in [-0.39, 0.29) is 42.0 Å². The van der Waals surface area contributed by atoms with Crippen LogP contribution in [-0.4, -0.2) is 15.7 Å². The van der Waals surface area contributed by atoms with Crippen LogP contribution in [-0.2, 0) is 19.8 Å². The fraction of sp³-hybridized carbons (Fsp3) is 0.429. The maximum atomic E-state index is 12.4. The molecule has 0 spiro atoms. The second kappa shape index (κ2) is 5.37. The molecule has 0 aliphatic heterocycles. The fourth-order valence-corrected chi connectivity index (χ4v) is 1.07. The van der Waals surface area contributed by atoms with Gasteiger partial charge in [-0.05, 0) is 0 Å². The Morgan fingerprint density at radius 1 is 1.50 bits per heavy atom. The number of hydrogen-bond acceptors (Lipinski definition) is 2. The van der Waals surface area contributed by atoms with Crippen molar-refractivity contribution in [2.75, 3.05) is 0 Å². The Balaban J connectivity index is 0.00000225. The van der Waals surface area contributed by atoms with Crippen molar-refractivity contribution in [1.29, 1.82) is 0 Å². The van der Waals surface area contributed by atoms with E-state index in [1.165, 1.54) is 13.2 Å². The minimum atomic E-state index is -4.49. The third kappa shape index (κ3) is 3.87. The minimum absolute atomic E-state index is 0. The molecule has 1 heterocycles. The molecule has 0 atom stereocenters. The van der Waals surface area contributed by atoms with Crippen molar-refractivity contribution in [1.82, 2.24) is 9.78 Å². The first-order valence-corrected chi connectivity index (χ1v) is 3.96. The van der Waals surface area contributed by atoms with Crippen molar-refractivity contribution >= 4 is 29.9 Å². The highest BCUT2D eigenvalue weighted by Crippen LogP contribution is 2.30. The van der Waals surface area contributed by atoms with Gasteiger partial charge in [-0.25, -0.2) is 4.99 Å². The van der Waals surface area contributed by atoms with Gasteiger partial charge in [-0.15, -0.1) is 24.0 Å². The molecule has 9 heteroatoms. The summed E-state index contributed by atoms with van der Waals surface area (Å²) in [5.41, 5.74) is 9.03. The summed E-state index contributed by atoms with van der Waals surface area (Å²) in [4.78, 5) is 3.50. The number of nitrogens with two attached hydrogens (primary N) is 2. The van der Waals surface area contributed by atoms with E-state index < -0.39 is 11.9 Å². The van der Waals surface area contributed by atoms with Crippen LogP contribution in [0.1, 0.15) is 11.3 Å². The van der Waals surface area contributed by atoms with Gasteiger partial charge in [0.2, 0.25) is 0 Å². The molecule has 1 rings (SSSR count). The van der Waals surface area contributed by atoms with E-state index in [1.54, 1.807) is 0 Å². The third-order valence-electron chi connectivity index (χ3n) is 1.61. The molecule has 0 aromatic carbocycles. The summed E-state index contributed by atoms with van der Waals surface area (Å²) in [5.74, 6) is -0.257. The number of nitrogens with zero attached hydrogens (tertiary/aromatic N) is 3. The molecule has 0 saturated carbocycles. The van der Waals surface area contributed by atoms with Gasteiger partial charge in [0.1, 0.15) is 0 Å². The van der Waals surface area contributed by atoms with Crippen LogP contribution in [0.25, 0.3) is 0 Å². The average molecular weight is 349 g/mol. The van der Waals surface area contributed by atoms with E-state index in [9.17, 15) is 13.2 Å². The molecule has 0 aliphatic carbocycles. The van der Waals surface area contributed by atoms with Gasteiger partial charge in [-0.2, -0.15) is 18.3 Å². The molecule has 0 saturated heterocycles. The molecule has 0 radical (unpaired) electrons. The Hall–Kier alpha value is -1.00. The predicted molar refractivity (Wildman–Crippen MR) is 63.1 cm³/mol. The maximum absolute atomic E-state index is 12.4. The van der Waals surface area contributed by atoms with E-state index in [0.717, 1.165) is 4.68 Å². The number of guanidine groups is 1. The number of aryl methyl sites for hydroxylation is 1. The monoisotopic (exact) mass is 349 g/mol. The third-order valence-corrected chi connectivity index (χ3v) is 1.61. The number of halogens is 4. The summed E-state index contributed by atoms with van der Waals surface area (Å²) in [5, 5.41) is 3.30. The molecule has 5 nitrogen and oxygen atoms in total. The Morgan fingerprint density at radius 2 is 2.06 bits per heavy atom. The average Bonchev–Trinajstić information content (AvgIpc) is 2.42. The van der Waals surface area contributed by atoms with Crippen LogP contribution in [0.4, 0.5) is 13.2 Å². The standard InChI is InChI=1S/C7H10F3N5.HI/c1-15-3-4(2-13-6(11)12)5(14-15)7(8,9)10;/h3H,2H2,1H3,(H4,11,12,13);1H. The summed E-state index contributed by atoms with van der Waals surface area (Å²) < 4.78 is 38.3. The van der Waals surface area contributed by atoms with Gasteiger partial charge in [-0.1, -0.05) is 0 Å². The molecule has 16 heavy (non-hydrogen) atoms. The number of hydrogen-bond donors (Lipinski definition) is 2. The summed E-state index contributed by atoms with van der Waals surface area (Å²) in [7, 11) is 1.40. The molecule has 0 aliphatic rings. The molecule has 0 fully saturated rings. The topological polar surface area (TPSA) is 82.2 Å². The first kappa shape index (κ1) is 15.0. The van der Waals surface area contributed by atoms with Gasteiger partial charge in [-0.3, -0.25) is 4.68 Å².